The average Bonchev–Trinajstić information content (AvgIpc) is 4.02. The highest BCUT2D eigenvalue weighted by Gasteiger charge is 2.31. The molecule has 352 valence electrons. The van der Waals surface area contributed by atoms with Crippen molar-refractivity contribution >= 4 is 24.3 Å². The summed E-state index contributed by atoms with van der Waals surface area (Å²) >= 11 is 0. The zero-order chi connectivity index (χ0) is 44.6. The van der Waals surface area contributed by atoms with Gasteiger partial charge in [0, 0.05) is 80.0 Å². The highest BCUT2D eigenvalue weighted by molar-refractivity contribution is 5.94. The van der Waals surface area contributed by atoms with E-state index in [1.807, 2.05) is 39.6 Å². The zero-order valence-electron chi connectivity index (χ0n) is 39.3. The van der Waals surface area contributed by atoms with E-state index in [9.17, 15) is 9.59 Å². The van der Waals surface area contributed by atoms with E-state index >= 15 is 0 Å². The van der Waals surface area contributed by atoms with Crippen molar-refractivity contribution in [3.63, 3.8) is 0 Å². The number of nitrogens with zero attached hydrogens (tertiary/aromatic N) is 6. The maximum atomic E-state index is 13.0. The molecule has 4 fully saturated rings. The first-order chi connectivity index (χ1) is 30.5. The fraction of sp³-hybridized carbons (Fsp3) is 0.615. The predicted molar refractivity (Wildman–Crippen MR) is 262 cm³/mol. The Bertz CT molecular complexity index is 1900. The summed E-state index contributed by atoms with van der Waals surface area (Å²) in [6.07, 6.45) is 29.1. The van der Waals surface area contributed by atoms with E-state index in [4.69, 9.17) is 10.8 Å². The minimum Gasteiger partial charge on any atom is -0.478 e. The number of halogens is 1. The maximum absolute atomic E-state index is 13.0. The highest BCUT2D eigenvalue weighted by atomic mass is 35.5. The number of carboxylic acids is 1. The van der Waals surface area contributed by atoms with Crippen LogP contribution in [0.5, 0.6) is 0 Å². The van der Waals surface area contributed by atoms with Crippen LogP contribution in [0.3, 0.4) is 0 Å². The maximum Gasteiger partial charge on any atom is 0.335 e. The van der Waals surface area contributed by atoms with Crippen LogP contribution in [0, 0.1) is 35.5 Å². The van der Waals surface area contributed by atoms with Gasteiger partial charge in [0.05, 0.1) is 18.2 Å². The molecule has 2 aliphatic carbocycles. The number of likely N-dealkylation sites (tertiary alicyclic amines) is 2. The first-order valence-corrected chi connectivity index (χ1v) is 24.4. The van der Waals surface area contributed by atoms with Crippen LogP contribution in [0.1, 0.15) is 138 Å². The molecular formula is C52H79ClN8O3. The van der Waals surface area contributed by atoms with Crippen molar-refractivity contribution in [3.05, 3.63) is 97.1 Å². The molecule has 8 rings (SSSR count). The third kappa shape index (κ3) is 16.1. The third-order valence-electron chi connectivity index (χ3n) is 13.8. The molecule has 4 aromatic rings. The van der Waals surface area contributed by atoms with Crippen LogP contribution in [0.2, 0.25) is 0 Å². The van der Waals surface area contributed by atoms with E-state index in [2.05, 4.69) is 52.8 Å². The molecule has 2 aliphatic heterocycles. The van der Waals surface area contributed by atoms with Crippen LogP contribution in [-0.4, -0.2) is 97.2 Å². The molecule has 11 nitrogen and oxygen atoms in total. The lowest BCUT2D eigenvalue weighted by Gasteiger charge is -2.39. The number of carboxylic acid groups (broad SMARTS) is 1. The van der Waals surface area contributed by atoms with Crippen molar-refractivity contribution in [2.45, 2.75) is 130 Å². The Hall–Kier alpha value is -4.03. The Kier molecular flexibility index (Phi) is 20.9. The Morgan fingerprint density at radius 2 is 1.12 bits per heavy atom. The lowest BCUT2D eigenvalue weighted by Crippen LogP contribution is -2.48. The Morgan fingerprint density at radius 1 is 0.656 bits per heavy atom. The first kappa shape index (κ1) is 51.0. The lowest BCUT2D eigenvalue weighted by molar-refractivity contribution is 0.0696. The molecule has 2 aromatic carbocycles. The average molecular weight is 900 g/mol. The number of rotatable bonds is 13. The second-order valence-electron chi connectivity index (χ2n) is 20.0. The van der Waals surface area contributed by atoms with Crippen LogP contribution in [0.15, 0.2) is 86.0 Å². The van der Waals surface area contributed by atoms with Gasteiger partial charge in [0.2, 0.25) is 0 Å². The van der Waals surface area contributed by atoms with Crippen LogP contribution in [0.25, 0.3) is 11.4 Å². The SMILES string of the molecule is CC(C)CC1CCCN(C[C@@H]2CCCC[C@H]2N)C1.CC(C)CC1CCCN(C[C@@H]2CCCC[C@H]2NC(=O)c2ccc(-n3ccnc3)cc2)C1.Cl.O=C(O)c1ccc(-n2ccnc2)cc1. The van der Waals surface area contributed by atoms with Crippen LogP contribution in [-0.2, 0) is 0 Å². The van der Waals surface area contributed by atoms with Gasteiger partial charge in [-0.25, -0.2) is 14.8 Å². The summed E-state index contributed by atoms with van der Waals surface area (Å²) in [7, 11) is 0. The van der Waals surface area contributed by atoms with E-state index in [0.29, 0.717) is 18.0 Å². The summed E-state index contributed by atoms with van der Waals surface area (Å²) in [6, 6.07) is 15.2. The molecule has 2 unspecified atom stereocenters. The molecule has 1 amide bonds. The van der Waals surface area contributed by atoms with Crippen LogP contribution < -0.4 is 11.1 Å². The number of amides is 1. The van der Waals surface area contributed by atoms with Gasteiger partial charge >= 0.3 is 5.97 Å². The van der Waals surface area contributed by atoms with Crippen molar-refractivity contribution in [2.75, 3.05) is 39.3 Å². The standard InChI is InChI=1S/C26H38N4O.C16H32N2.C10H8N2O2.ClH/c1-20(2)16-21-6-5-14-29(17-21)18-23-7-3-4-8-25(23)28-26(31)22-9-11-24(12-10-22)30-15-13-27-19-30;1-13(2)10-14-6-5-9-18(11-14)12-15-7-3-4-8-16(15)17;13-10(14)8-1-3-9(4-2-8)12-6-5-11-7-12;/h9-13,15,19-21,23,25H,3-8,14,16-18H2,1-2H3,(H,28,31);13-16H,3-12,17H2,1-2H3;1-7H,(H,13,14);1H/t21?,23-,25+;14?,15-,16+;;/m00../s1. The summed E-state index contributed by atoms with van der Waals surface area (Å²) in [6.45, 7) is 16.9. The van der Waals surface area contributed by atoms with Gasteiger partial charge in [0.1, 0.15) is 0 Å². The molecule has 64 heavy (non-hydrogen) atoms. The third-order valence-corrected chi connectivity index (χ3v) is 13.8. The molecule has 2 saturated heterocycles. The number of aromatic nitrogens is 4. The molecule has 0 radical (unpaired) electrons. The highest BCUT2D eigenvalue weighted by Crippen LogP contribution is 2.30. The molecule has 12 heteroatoms. The Labute approximate surface area is 390 Å². The number of benzene rings is 2. The quantitative estimate of drug-likeness (QED) is 0.121. The minimum absolute atomic E-state index is 0. The van der Waals surface area contributed by atoms with Gasteiger partial charge in [0.25, 0.3) is 5.91 Å². The van der Waals surface area contributed by atoms with Gasteiger partial charge in [-0.1, -0.05) is 53.4 Å². The topological polar surface area (TPSA) is 135 Å². The summed E-state index contributed by atoms with van der Waals surface area (Å²) in [5.74, 6) is 3.92. The molecule has 4 heterocycles. The monoisotopic (exact) mass is 899 g/mol. The molecule has 4 N–H and O–H groups in total. The number of hydrogen-bond acceptors (Lipinski definition) is 7. The number of hydrogen-bond donors (Lipinski definition) is 3. The van der Waals surface area contributed by atoms with E-state index in [1.165, 1.54) is 116 Å². The second-order valence-corrected chi connectivity index (χ2v) is 20.0. The summed E-state index contributed by atoms with van der Waals surface area (Å²) in [4.78, 5) is 36.9. The Balaban J connectivity index is 0.000000198. The smallest absolute Gasteiger partial charge is 0.335 e. The number of imidazole rings is 2. The number of aromatic carboxylic acids is 1. The van der Waals surface area contributed by atoms with E-state index in [0.717, 1.165) is 59.5 Å². The van der Waals surface area contributed by atoms with E-state index in [1.54, 1.807) is 55.5 Å². The second kappa shape index (κ2) is 26.2. The molecule has 0 bridgehead atoms. The summed E-state index contributed by atoms with van der Waals surface area (Å²) in [5, 5.41) is 12.1. The van der Waals surface area contributed by atoms with Crippen LogP contribution in [0.4, 0.5) is 0 Å². The molecular weight excluding hydrogens is 820 g/mol. The number of carbonyl (C=O) groups excluding carboxylic acids is 1. The summed E-state index contributed by atoms with van der Waals surface area (Å²) in [5.41, 5.74) is 9.22. The number of carbonyl (C=O) groups is 2. The largest absolute Gasteiger partial charge is 0.478 e. The van der Waals surface area contributed by atoms with Crippen molar-refractivity contribution in [1.82, 2.24) is 34.2 Å². The number of piperidine rings is 2. The Morgan fingerprint density at radius 3 is 1.59 bits per heavy atom. The van der Waals surface area contributed by atoms with Gasteiger partial charge in [-0.15, -0.1) is 12.4 Å². The first-order valence-electron chi connectivity index (χ1n) is 24.4. The summed E-state index contributed by atoms with van der Waals surface area (Å²) < 4.78 is 3.76. The molecule has 4 aliphatic rings. The molecule has 6 atom stereocenters. The van der Waals surface area contributed by atoms with Gasteiger partial charge in [-0.05, 0) is 161 Å². The fourth-order valence-corrected chi connectivity index (χ4v) is 10.7. The van der Waals surface area contributed by atoms with E-state index < -0.39 is 5.97 Å². The number of nitrogens with two attached hydrogens (primary N) is 1. The minimum atomic E-state index is -0.915. The lowest BCUT2D eigenvalue weighted by atomic mass is 9.82. The predicted octanol–water partition coefficient (Wildman–Crippen LogP) is 10.2. The van der Waals surface area contributed by atoms with Crippen molar-refractivity contribution < 1.29 is 14.7 Å². The zero-order valence-corrected chi connectivity index (χ0v) is 40.1. The van der Waals surface area contributed by atoms with Gasteiger partial charge in [0.15, 0.2) is 0 Å². The normalized spacial score (nSPS) is 24.1. The van der Waals surface area contributed by atoms with Gasteiger partial charge in [-0.3, -0.25) is 4.79 Å². The molecule has 2 saturated carbocycles. The van der Waals surface area contributed by atoms with Gasteiger partial charge in [-0.2, -0.15) is 0 Å². The van der Waals surface area contributed by atoms with Gasteiger partial charge < -0.3 is 35.1 Å². The van der Waals surface area contributed by atoms with Crippen molar-refractivity contribution in [1.29, 1.82) is 0 Å². The fourth-order valence-electron chi connectivity index (χ4n) is 10.7. The number of nitrogens with one attached hydrogen (secondary N) is 1. The van der Waals surface area contributed by atoms with E-state index in [-0.39, 0.29) is 23.9 Å². The molecule has 0 spiro atoms. The van der Waals surface area contributed by atoms with Crippen molar-refractivity contribution in [2.24, 2.45) is 41.2 Å². The molecule has 2 aromatic heterocycles. The van der Waals surface area contributed by atoms with Crippen LogP contribution >= 0.6 is 12.4 Å². The van der Waals surface area contributed by atoms with Crippen molar-refractivity contribution in [3.8, 4) is 11.4 Å².